The minimum atomic E-state index is -0.455. The minimum absolute atomic E-state index is 0.0394. The summed E-state index contributed by atoms with van der Waals surface area (Å²) in [6, 6.07) is 4.67. The summed E-state index contributed by atoms with van der Waals surface area (Å²) < 4.78 is 0.473. The first kappa shape index (κ1) is 8.55. The Morgan fingerprint density at radius 2 is 2.18 bits per heavy atom. The van der Waals surface area contributed by atoms with Gasteiger partial charge in [0.2, 0.25) is 0 Å². The number of halogens is 1. The normalized spacial score (nSPS) is 9.64. The third-order valence-electron chi connectivity index (χ3n) is 1.13. The van der Waals surface area contributed by atoms with Gasteiger partial charge in [-0.2, -0.15) is 0 Å². The molecule has 0 aliphatic heterocycles. The van der Waals surface area contributed by atoms with E-state index in [2.05, 4.69) is 28.6 Å². The molecule has 0 aliphatic carbocycles. The second-order valence-electron chi connectivity index (χ2n) is 1.89. The zero-order chi connectivity index (χ0) is 8.43. The molecule has 0 N–H and O–H groups in total. The highest BCUT2D eigenvalue weighted by Gasteiger charge is 2.10. The van der Waals surface area contributed by atoms with E-state index in [0.717, 1.165) is 0 Å². The highest BCUT2D eigenvalue weighted by molar-refractivity contribution is 9.10. The Morgan fingerprint density at radius 3 is 2.64 bits per heavy atom. The summed E-state index contributed by atoms with van der Waals surface area (Å²) in [5.41, 5.74) is 0.0394. The Balaban J connectivity index is 3.23. The summed E-state index contributed by atoms with van der Waals surface area (Å²) in [4.78, 5) is 10.4. The van der Waals surface area contributed by atoms with E-state index >= 15 is 0 Å². The summed E-state index contributed by atoms with van der Waals surface area (Å²) in [6.07, 6.45) is 0. The van der Waals surface area contributed by atoms with E-state index in [0.29, 0.717) is 9.37 Å². The molecule has 11 heavy (non-hydrogen) atoms. The molecule has 1 aromatic carbocycles. The molecule has 0 unspecified atom stereocenters. The fraction of sp³-hybridized carbons (Fsp3) is 0. The van der Waals surface area contributed by atoms with Crippen LogP contribution in [0.2, 0.25) is 0 Å². The van der Waals surface area contributed by atoms with Crippen LogP contribution >= 0.6 is 28.6 Å². The van der Waals surface area contributed by atoms with Gasteiger partial charge >= 0.3 is 0 Å². The van der Waals surface area contributed by atoms with E-state index in [4.69, 9.17) is 0 Å². The highest BCUT2D eigenvalue weighted by atomic mass is 79.9. The van der Waals surface area contributed by atoms with Crippen molar-refractivity contribution >= 4 is 34.2 Å². The molecule has 0 heterocycles. The summed E-state index contributed by atoms with van der Waals surface area (Å²) in [6.45, 7) is 0. The fourth-order valence-electron chi connectivity index (χ4n) is 0.641. The summed E-state index contributed by atoms with van der Waals surface area (Å²) in [5, 5.41) is 10.3. The quantitative estimate of drug-likeness (QED) is 0.461. The predicted octanol–water partition coefficient (Wildman–Crippen LogP) is 2.65. The zero-order valence-electron chi connectivity index (χ0n) is 5.32. The van der Waals surface area contributed by atoms with Gasteiger partial charge in [-0.3, -0.25) is 10.1 Å². The molecular weight excluding hydrogens is 230 g/mol. The Labute approximate surface area is 77.1 Å². The second-order valence-corrected chi connectivity index (χ2v) is 3.26. The molecule has 0 fully saturated rings. The van der Waals surface area contributed by atoms with Crippen LogP contribution in [0.4, 0.5) is 5.69 Å². The van der Waals surface area contributed by atoms with Crippen molar-refractivity contribution in [1.29, 1.82) is 0 Å². The first-order chi connectivity index (χ1) is 5.11. The van der Waals surface area contributed by atoms with Crippen molar-refractivity contribution < 1.29 is 4.92 Å². The van der Waals surface area contributed by atoms with Crippen molar-refractivity contribution in [2.24, 2.45) is 0 Å². The van der Waals surface area contributed by atoms with E-state index in [1.807, 2.05) is 0 Å². The van der Waals surface area contributed by atoms with Crippen molar-refractivity contribution in [2.75, 3.05) is 0 Å². The van der Waals surface area contributed by atoms with Crippen LogP contribution in [0, 0.1) is 10.1 Å². The number of benzene rings is 1. The fourth-order valence-corrected chi connectivity index (χ4v) is 1.23. The lowest BCUT2D eigenvalue weighted by Gasteiger charge is -1.94. The van der Waals surface area contributed by atoms with Gasteiger partial charge in [-0.05, 0) is 28.1 Å². The molecule has 1 rings (SSSR count). The van der Waals surface area contributed by atoms with E-state index in [1.54, 1.807) is 12.1 Å². The van der Waals surface area contributed by atoms with Gasteiger partial charge in [-0.15, -0.1) is 12.6 Å². The molecule has 3 nitrogen and oxygen atoms in total. The number of thiol groups is 1. The number of nitro benzene ring substituents is 1. The first-order valence-corrected chi connectivity index (χ1v) is 3.98. The number of hydrogen-bond donors (Lipinski definition) is 1. The molecule has 0 aliphatic rings. The Kier molecular flexibility index (Phi) is 2.51. The van der Waals surface area contributed by atoms with Crippen molar-refractivity contribution in [3.63, 3.8) is 0 Å². The predicted molar refractivity (Wildman–Crippen MR) is 48.0 cm³/mol. The third-order valence-corrected chi connectivity index (χ3v) is 2.08. The average molecular weight is 234 g/mol. The maximum atomic E-state index is 10.3. The van der Waals surface area contributed by atoms with Gasteiger partial charge in [0.05, 0.1) is 9.40 Å². The van der Waals surface area contributed by atoms with Crippen LogP contribution in [0.1, 0.15) is 0 Å². The molecule has 0 saturated heterocycles. The lowest BCUT2D eigenvalue weighted by molar-refractivity contribution is -0.385. The summed E-state index contributed by atoms with van der Waals surface area (Å²) in [5.74, 6) is 0. The molecule has 0 spiro atoms. The van der Waals surface area contributed by atoms with Crippen LogP contribution in [-0.4, -0.2) is 4.92 Å². The molecule has 5 heteroatoms. The van der Waals surface area contributed by atoms with E-state index < -0.39 is 4.92 Å². The monoisotopic (exact) mass is 233 g/mol. The molecule has 0 bridgehead atoms. The van der Waals surface area contributed by atoms with Crippen LogP contribution < -0.4 is 0 Å². The smallest absolute Gasteiger partial charge is 0.258 e. The molecule has 0 radical (unpaired) electrons. The number of rotatable bonds is 1. The second kappa shape index (κ2) is 3.23. The van der Waals surface area contributed by atoms with E-state index in [1.165, 1.54) is 6.07 Å². The largest absolute Gasteiger partial charge is 0.284 e. The number of nitro groups is 1. The third kappa shape index (κ3) is 1.94. The van der Waals surface area contributed by atoms with Crippen molar-refractivity contribution in [3.05, 3.63) is 32.8 Å². The molecule has 0 saturated carbocycles. The zero-order valence-corrected chi connectivity index (χ0v) is 7.80. The van der Waals surface area contributed by atoms with Crippen LogP contribution in [0.15, 0.2) is 27.6 Å². The van der Waals surface area contributed by atoms with E-state index in [9.17, 15) is 10.1 Å². The van der Waals surface area contributed by atoms with Gasteiger partial charge in [-0.25, -0.2) is 0 Å². The molecule has 58 valence electrons. The van der Waals surface area contributed by atoms with Crippen LogP contribution in [0.25, 0.3) is 0 Å². The standard InChI is InChI=1S/C6H4BrNO2S/c7-5-2-1-4(11)3-6(5)8(9)10/h1-3,11H. The van der Waals surface area contributed by atoms with Crippen molar-refractivity contribution in [2.45, 2.75) is 4.90 Å². The Bertz CT molecular complexity index is 303. The first-order valence-electron chi connectivity index (χ1n) is 2.74. The Morgan fingerprint density at radius 1 is 1.55 bits per heavy atom. The van der Waals surface area contributed by atoms with Gasteiger partial charge in [0.25, 0.3) is 5.69 Å². The SMILES string of the molecule is O=[N+]([O-])c1cc(S)ccc1Br. The van der Waals surface area contributed by atoms with Gasteiger partial charge in [0.15, 0.2) is 0 Å². The summed E-state index contributed by atoms with van der Waals surface area (Å²) >= 11 is 7.03. The number of hydrogen-bond acceptors (Lipinski definition) is 3. The minimum Gasteiger partial charge on any atom is -0.258 e. The molecular formula is C6H4BrNO2S. The maximum Gasteiger partial charge on any atom is 0.284 e. The topological polar surface area (TPSA) is 43.1 Å². The lowest BCUT2D eigenvalue weighted by Crippen LogP contribution is -1.88. The summed E-state index contributed by atoms with van der Waals surface area (Å²) in [7, 11) is 0. The van der Waals surface area contributed by atoms with Crippen molar-refractivity contribution in [3.8, 4) is 0 Å². The van der Waals surface area contributed by atoms with Gasteiger partial charge in [0.1, 0.15) is 0 Å². The molecule has 1 aromatic rings. The lowest BCUT2D eigenvalue weighted by atomic mass is 10.3. The van der Waals surface area contributed by atoms with Crippen LogP contribution in [0.5, 0.6) is 0 Å². The molecule has 0 atom stereocenters. The van der Waals surface area contributed by atoms with Gasteiger partial charge in [0, 0.05) is 11.0 Å². The highest BCUT2D eigenvalue weighted by Crippen LogP contribution is 2.26. The van der Waals surface area contributed by atoms with Crippen LogP contribution in [-0.2, 0) is 0 Å². The van der Waals surface area contributed by atoms with Crippen molar-refractivity contribution in [1.82, 2.24) is 0 Å². The maximum absolute atomic E-state index is 10.3. The average Bonchev–Trinajstić information content (AvgIpc) is 1.94. The van der Waals surface area contributed by atoms with E-state index in [-0.39, 0.29) is 5.69 Å². The number of nitrogens with zero attached hydrogens (tertiary/aromatic N) is 1. The van der Waals surface area contributed by atoms with Gasteiger partial charge < -0.3 is 0 Å². The molecule has 0 amide bonds. The Hall–Kier alpha value is -0.550. The van der Waals surface area contributed by atoms with Crippen LogP contribution in [0.3, 0.4) is 0 Å². The van der Waals surface area contributed by atoms with Gasteiger partial charge in [-0.1, -0.05) is 0 Å². The molecule has 0 aromatic heterocycles.